The lowest BCUT2D eigenvalue weighted by molar-refractivity contribution is -0.142. The van der Waals surface area contributed by atoms with E-state index in [0.717, 1.165) is 18.4 Å². The van der Waals surface area contributed by atoms with Gasteiger partial charge in [0.05, 0.1) is 6.04 Å². The molecular weight excluding hydrogens is 524 g/mol. The molecule has 1 heterocycles. The Labute approximate surface area is 236 Å². The fourth-order valence-corrected chi connectivity index (χ4v) is 4.21. The molecule has 1 aromatic carbocycles. The first kappa shape index (κ1) is 32.7. The summed E-state index contributed by atoms with van der Waals surface area (Å²) in [5.41, 5.74) is 0.370. The largest absolute Gasteiger partial charge is 0.444 e. The Kier molecular flexibility index (Phi) is 14.5. The molecule has 1 aliphatic heterocycles. The molecular formula is C29H43ClN2O7. The van der Waals surface area contributed by atoms with Gasteiger partial charge >= 0.3 is 6.09 Å². The molecule has 218 valence electrons. The van der Waals surface area contributed by atoms with E-state index in [1.807, 2.05) is 32.9 Å². The third-order valence-electron chi connectivity index (χ3n) is 6.08. The Hall–Kier alpha value is -2.49. The van der Waals surface area contributed by atoms with Gasteiger partial charge in [0, 0.05) is 57.4 Å². The van der Waals surface area contributed by atoms with Crippen molar-refractivity contribution in [2.24, 2.45) is 0 Å². The summed E-state index contributed by atoms with van der Waals surface area (Å²) >= 11 is 5.92. The summed E-state index contributed by atoms with van der Waals surface area (Å²) in [7, 11) is 0. The quantitative estimate of drug-likeness (QED) is 0.199. The van der Waals surface area contributed by atoms with E-state index < -0.39 is 29.3 Å². The number of ether oxygens (including phenoxy) is 3. The molecule has 9 nitrogen and oxygen atoms in total. The molecule has 2 amide bonds. The van der Waals surface area contributed by atoms with Gasteiger partial charge in [-0.3, -0.25) is 14.4 Å². The molecule has 0 bridgehead atoms. The topological polar surface area (TPSA) is 111 Å². The number of ketones is 2. The highest BCUT2D eigenvalue weighted by Crippen LogP contribution is 2.23. The van der Waals surface area contributed by atoms with Gasteiger partial charge < -0.3 is 24.4 Å². The van der Waals surface area contributed by atoms with Crippen molar-refractivity contribution in [1.29, 1.82) is 0 Å². The van der Waals surface area contributed by atoms with Crippen molar-refractivity contribution in [3.8, 4) is 0 Å². The van der Waals surface area contributed by atoms with Crippen LogP contribution in [0.2, 0.25) is 5.02 Å². The Bertz CT molecular complexity index is 931. The number of alkyl carbamates (subject to hydrolysis) is 1. The molecule has 1 aliphatic rings. The molecule has 0 radical (unpaired) electrons. The number of nitrogens with one attached hydrogen (secondary N) is 1. The van der Waals surface area contributed by atoms with Crippen molar-refractivity contribution >= 4 is 35.2 Å². The number of nitrogens with zero attached hydrogens (tertiary/aromatic N) is 1. The molecule has 1 N–H and O–H groups in total. The third kappa shape index (κ3) is 13.4. The standard InChI is InChI=1S/C29H43ClN2O7/c1-29(2,3)39-28(36)31-16-8-20-38-19-7-6-18-37-17-5-4-9-25(33)27(35)24-14-15-26(34)32(24)21-22-10-12-23(30)13-11-22/h10-13,24H,4-9,14-21H2,1-3H3,(H,31,36). The van der Waals surface area contributed by atoms with Crippen LogP contribution in [0.4, 0.5) is 4.79 Å². The maximum atomic E-state index is 12.7. The average molecular weight is 567 g/mol. The first-order valence-electron chi connectivity index (χ1n) is 13.8. The Morgan fingerprint density at radius 1 is 0.949 bits per heavy atom. The number of halogens is 1. The first-order chi connectivity index (χ1) is 18.6. The summed E-state index contributed by atoms with van der Waals surface area (Å²) in [6, 6.07) is 6.44. The van der Waals surface area contributed by atoms with Crippen molar-refractivity contribution in [2.45, 2.75) is 90.3 Å². The highest BCUT2D eigenvalue weighted by Gasteiger charge is 2.38. The van der Waals surface area contributed by atoms with Crippen LogP contribution in [0, 0.1) is 0 Å². The lowest BCUT2D eigenvalue weighted by Gasteiger charge is -2.23. The summed E-state index contributed by atoms with van der Waals surface area (Å²) in [6.07, 6.45) is 4.13. The fraction of sp³-hybridized carbons (Fsp3) is 0.655. The average Bonchev–Trinajstić information content (AvgIpc) is 3.23. The van der Waals surface area contributed by atoms with Crippen molar-refractivity contribution in [2.75, 3.05) is 33.0 Å². The van der Waals surface area contributed by atoms with Crippen molar-refractivity contribution in [3.63, 3.8) is 0 Å². The van der Waals surface area contributed by atoms with Crippen molar-refractivity contribution in [3.05, 3.63) is 34.9 Å². The molecule has 2 rings (SSSR count). The maximum absolute atomic E-state index is 12.7. The van der Waals surface area contributed by atoms with Crippen molar-refractivity contribution < 1.29 is 33.4 Å². The van der Waals surface area contributed by atoms with E-state index in [1.54, 1.807) is 12.1 Å². The summed E-state index contributed by atoms with van der Waals surface area (Å²) in [4.78, 5) is 50.6. The second kappa shape index (κ2) is 17.3. The summed E-state index contributed by atoms with van der Waals surface area (Å²) in [6.45, 7) is 8.61. The van der Waals surface area contributed by atoms with E-state index in [1.165, 1.54) is 4.90 Å². The van der Waals surface area contributed by atoms with Crippen LogP contribution in [-0.4, -0.2) is 73.1 Å². The van der Waals surface area contributed by atoms with Gasteiger partial charge in [-0.15, -0.1) is 0 Å². The predicted molar refractivity (Wildman–Crippen MR) is 149 cm³/mol. The molecule has 0 aliphatic carbocycles. The normalized spacial score (nSPS) is 15.4. The molecule has 1 unspecified atom stereocenters. The number of unbranched alkanes of at least 4 members (excludes halogenated alkanes) is 2. The minimum Gasteiger partial charge on any atom is -0.444 e. The predicted octanol–water partition coefficient (Wildman–Crippen LogP) is 4.87. The number of hydrogen-bond acceptors (Lipinski definition) is 7. The fourth-order valence-electron chi connectivity index (χ4n) is 4.08. The minimum atomic E-state index is -0.680. The van der Waals surface area contributed by atoms with Crippen LogP contribution in [0.3, 0.4) is 0 Å². The number of hydrogen-bond donors (Lipinski definition) is 1. The van der Waals surface area contributed by atoms with Gasteiger partial charge in [0.15, 0.2) is 0 Å². The number of Topliss-reactive ketones (excluding diaryl/α,β-unsaturated/α-hetero) is 2. The number of carbonyl (C=O) groups excluding carboxylic acids is 4. The summed E-state index contributed by atoms with van der Waals surface area (Å²) in [5, 5.41) is 3.30. The Morgan fingerprint density at radius 2 is 1.54 bits per heavy atom. The molecule has 10 heteroatoms. The minimum absolute atomic E-state index is 0.106. The van der Waals surface area contributed by atoms with Crippen LogP contribution < -0.4 is 5.32 Å². The summed E-state index contributed by atoms with van der Waals surface area (Å²) in [5.74, 6) is -1.00. The van der Waals surface area contributed by atoms with E-state index >= 15 is 0 Å². The van der Waals surface area contributed by atoms with Gasteiger partial charge in [0.1, 0.15) is 5.60 Å². The molecule has 0 spiro atoms. The molecule has 1 fully saturated rings. The zero-order chi connectivity index (χ0) is 28.7. The van der Waals surface area contributed by atoms with Gasteiger partial charge in [-0.25, -0.2) is 4.79 Å². The van der Waals surface area contributed by atoms with E-state index in [4.69, 9.17) is 25.8 Å². The Morgan fingerprint density at radius 3 is 2.15 bits per heavy atom. The van der Waals surface area contributed by atoms with Gasteiger partial charge in [-0.05, 0) is 77.0 Å². The second-order valence-corrected chi connectivity index (χ2v) is 11.1. The van der Waals surface area contributed by atoms with Gasteiger partial charge in [0.25, 0.3) is 0 Å². The third-order valence-corrected chi connectivity index (χ3v) is 6.33. The lowest BCUT2D eigenvalue weighted by atomic mass is 10.0. The van der Waals surface area contributed by atoms with Crippen LogP contribution in [0.15, 0.2) is 24.3 Å². The smallest absolute Gasteiger partial charge is 0.407 e. The molecule has 0 saturated carbocycles. The molecule has 1 saturated heterocycles. The van der Waals surface area contributed by atoms with Gasteiger partial charge in [0.2, 0.25) is 17.5 Å². The number of amides is 2. The monoisotopic (exact) mass is 566 g/mol. The van der Waals surface area contributed by atoms with Crippen LogP contribution in [0.25, 0.3) is 0 Å². The van der Waals surface area contributed by atoms with Crippen LogP contribution in [-0.2, 0) is 35.1 Å². The van der Waals surface area contributed by atoms with Gasteiger partial charge in [-0.2, -0.15) is 0 Å². The molecule has 0 aromatic heterocycles. The zero-order valence-electron chi connectivity index (χ0n) is 23.5. The molecule has 1 atom stereocenters. The SMILES string of the molecule is CC(C)(C)OC(=O)NCCCOCCCCOCCCCC(=O)C(=O)C1CCC(=O)N1Cc1ccc(Cl)cc1. The van der Waals surface area contributed by atoms with Gasteiger partial charge in [-0.1, -0.05) is 23.7 Å². The maximum Gasteiger partial charge on any atom is 0.407 e. The first-order valence-corrected chi connectivity index (χ1v) is 14.2. The second-order valence-electron chi connectivity index (χ2n) is 10.7. The van der Waals surface area contributed by atoms with E-state index in [2.05, 4.69) is 5.32 Å². The Balaban J connectivity index is 1.47. The zero-order valence-corrected chi connectivity index (χ0v) is 24.2. The van der Waals surface area contributed by atoms with E-state index in [0.29, 0.717) is 70.2 Å². The van der Waals surface area contributed by atoms with E-state index in [-0.39, 0.29) is 18.7 Å². The number of benzene rings is 1. The summed E-state index contributed by atoms with van der Waals surface area (Å²) < 4.78 is 16.3. The van der Waals surface area contributed by atoms with Crippen LogP contribution in [0.1, 0.15) is 77.7 Å². The van der Waals surface area contributed by atoms with Crippen molar-refractivity contribution in [1.82, 2.24) is 10.2 Å². The molecule has 1 aromatic rings. The van der Waals surface area contributed by atoms with E-state index in [9.17, 15) is 19.2 Å². The number of carbonyl (C=O) groups is 4. The number of likely N-dealkylation sites (tertiary alicyclic amines) is 1. The highest BCUT2D eigenvalue weighted by molar-refractivity contribution is 6.39. The number of rotatable bonds is 18. The van der Waals surface area contributed by atoms with Crippen LogP contribution in [0.5, 0.6) is 0 Å². The lowest BCUT2D eigenvalue weighted by Crippen LogP contribution is -2.41. The highest BCUT2D eigenvalue weighted by atomic mass is 35.5. The van der Waals surface area contributed by atoms with Crippen LogP contribution >= 0.6 is 11.6 Å². The molecule has 39 heavy (non-hydrogen) atoms.